The molecular weight excluding hydrogens is 477 g/mol. The van der Waals surface area contributed by atoms with E-state index in [-0.39, 0.29) is 22.5 Å². The number of hydrogen-bond donors (Lipinski definition) is 1. The number of ether oxygens (including phenoxy) is 1. The third-order valence-corrected chi connectivity index (χ3v) is 6.42. The topological polar surface area (TPSA) is 94.3 Å². The second-order valence-corrected chi connectivity index (χ2v) is 9.21. The van der Waals surface area contributed by atoms with Gasteiger partial charge >= 0.3 is 6.36 Å². The third kappa shape index (κ3) is 4.99. The normalized spacial score (nSPS) is 16.0. The van der Waals surface area contributed by atoms with Gasteiger partial charge in [-0.1, -0.05) is 6.92 Å². The lowest BCUT2D eigenvalue weighted by atomic mass is 10.0. The van der Waals surface area contributed by atoms with E-state index in [1.807, 2.05) is 0 Å². The van der Waals surface area contributed by atoms with Crippen molar-refractivity contribution in [2.45, 2.75) is 39.1 Å². The van der Waals surface area contributed by atoms with Crippen LogP contribution < -0.4 is 21.2 Å². The van der Waals surface area contributed by atoms with Crippen molar-refractivity contribution >= 4 is 11.5 Å². The highest BCUT2D eigenvalue weighted by molar-refractivity contribution is 5.60. The van der Waals surface area contributed by atoms with Gasteiger partial charge in [-0.05, 0) is 49.4 Å². The molecule has 1 saturated heterocycles. The molecule has 3 aromatic rings. The van der Waals surface area contributed by atoms with E-state index in [0.29, 0.717) is 36.7 Å². The van der Waals surface area contributed by atoms with Crippen molar-refractivity contribution < 1.29 is 17.9 Å². The molecule has 190 valence electrons. The minimum Gasteiger partial charge on any atom is -0.406 e. The maximum atomic E-state index is 13.1. The van der Waals surface area contributed by atoms with Crippen LogP contribution >= 0.6 is 0 Å². The van der Waals surface area contributed by atoms with Crippen molar-refractivity contribution in [1.82, 2.24) is 24.2 Å². The first-order chi connectivity index (χ1) is 17.2. The summed E-state index contributed by atoms with van der Waals surface area (Å²) in [5, 5.41) is 7.50. The molecule has 0 bridgehead atoms. The fourth-order valence-electron chi connectivity index (χ4n) is 4.72. The molecule has 2 aliphatic rings. The van der Waals surface area contributed by atoms with Gasteiger partial charge in [0.15, 0.2) is 5.82 Å². The Morgan fingerprint density at radius 3 is 2.47 bits per heavy atom. The fourth-order valence-corrected chi connectivity index (χ4v) is 4.72. The van der Waals surface area contributed by atoms with E-state index >= 15 is 0 Å². The van der Waals surface area contributed by atoms with Gasteiger partial charge in [0.2, 0.25) is 0 Å². The maximum Gasteiger partial charge on any atom is 0.573 e. The van der Waals surface area contributed by atoms with Crippen molar-refractivity contribution in [3.8, 4) is 11.4 Å². The molecule has 36 heavy (non-hydrogen) atoms. The molecule has 1 aliphatic carbocycles. The van der Waals surface area contributed by atoms with Crippen LogP contribution in [0.3, 0.4) is 0 Å². The number of anilines is 2. The average molecular weight is 502 g/mol. The van der Waals surface area contributed by atoms with Gasteiger partial charge in [0, 0.05) is 37.3 Å². The lowest BCUT2D eigenvalue weighted by Gasteiger charge is -2.37. The summed E-state index contributed by atoms with van der Waals surface area (Å²) in [7, 11) is 0. The lowest BCUT2D eigenvalue weighted by molar-refractivity contribution is -0.274. The predicted octanol–water partition coefficient (Wildman–Crippen LogP) is 2.87. The van der Waals surface area contributed by atoms with Gasteiger partial charge < -0.3 is 15.0 Å². The molecular formula is C24H25F3N6O3. The van der Waals surface area contributed by atoms with E-state index < -0.39 is 12.1 Å². The summed E-state index contributed by atoms with van der Waals surface area (Å²) in [6.45, 7) is 5.47. The third-order valence-electron chi connectivity index (χ3n) is 6.42. The Morgan fingerprint density at radius 1 is 1.06 bits per heavy atom. The van der Waals surface area contributed by atoms with Crippen molar-refractivity contribution in [1.29, 1.82) is 0 Å². The van der Waals surface area contributed by atoms with Crippen LogP contribution in [0.4, 0.5) is 24.7 Å². The van der Waals surface area contributed by atoms with Crippen LogP contribution in [0.15, 0.2) is 46.4 Å². The minimum atomic E-state index is -4.81. The smallest absolute Gasteiger partial charge is 0.406 e. The second kappa shape index (κ2) is 9.41. The van der Waals surface area contributed by atoms with Crippen LogP contribution in [0.5, 0.6) is 5.75 Å². The number of benzene rings is 1. The highest BCUT2D eigenvalue weighted by Crippen LogP contribution is 2.28. The first kappa shape index (κ1) is 24.0. The highest BCUT2D eigenvalue weighted by atomic mass is 19.4. The first-order valence-electron chi connectivity index (χ1n) is 11.7. The number of likely N-dealkylation sites (tertiary alicyclic amines) is 1. The first-order valence-corrected chi connectivity index (χ1v) is 11.7. The number of hydrogen-bond acceptors (Lipinski definition) is 7. The number of halogens is 3. The van der Waals surface area contributed by atoms with E-state index in [0.717, 1.165) is 48.4 Å². The Morgan fingerprint density at radius 2 is 1.78 bits per heavy atom. The Hall–Kier alpha value is -3.67. The van der Waals surface area contributed by atoms with Crippen molar-refractivity contribution in [2.24, 2.45) is 5.92 Å². The molecule has 12 heteroatoms. The quantitative estimate of drug-likeness (QED) is 0.531. The van der Waals surface area contributed by atoms with E-state index in [1.165, 1.54) is 24.7 Å². The highest BCUT2D eigenvalue weighted by Gasteiger charge is 2.31. The Balaban J connectivity index is 1.43. The molecule has 0 unspecified atom stereocenters. The number of aromatic nitrogens is 4. The Bertz CT molecular complexity index is 1380. The maximum absolute atomic E-state index is 13.1. The van der Waals surface area contributed by atoms with Crippen LogP contribution in [0, 0.1) is 5.92 Å². The molecule has 0 saturated carbocycles. The van der Waals surface area contributed by atoms with Gasteiger partial charge in [-0.2, -0.15) is 4.68 Å². The molecule has 1 N–H and O–H groups in total. The molecule has 2 aromatic heterocycles. The van der Waals surface area contributed by atoms with Gasteiger partial charge in [0.05, 0.1) is 18.2 Å². The van der Waals surface area contributed by atoms with E-state index in [1.54, 1.807) is 4.57 Å². The molecule has 1 aromatic carbocycles. The summed E-state index contributed by atoms with van der Waals surface area (Å²) >= 11 is 0. The molecule has 9 nitrogen and oxygen atoms in total. The van der Waals surface area contributed by atoms with Gasteiger partial charge in [-0.25, -0.2) is 4.98 Å². The number of alkyl halides is 3. The van der Waals surface area contributed by atoms with Crippen LogP contribution in [-0.4, -0.2) is 50.2 Å². The molecule has 5 rings (SSSR count). The van der Waals surface area contributed by atoms with E-state index in [9.17, 15) is 22.8 Å². The standard InChI is InChI=1S/C24H25F3N6O3/c1-15-12-31(13-15)9-10-32-14-28-11-20(23(32)35)29-21-18-3-2-4-19(18)22(34)33(30-21)16-5-7-17(8-6-16)36-24(25,26)27/h5-8,11,14-15H,2-4,9-10,12-13H2,1H3,(H,29,30). The van der Waals surface area contributed by atoms with E-state index in [4.69, 9.17) is 0 Å². The van der Waals surface area contributed by atoms with Crippen LogP contribution in [0.1, 0.15) is 24.5 Å². The van der Waals surface area contributed by atoms with Crippen molar-refractivity contribution in [3.63, 3.8) is 0 Å². The van der Waals surface area contributed by atoms with Crippen LogP contribution in [0.2, 0.25) is 0 Å². The molecule has 0 amide bonds. The molecule has 1 aliphatic heterocycles. The molecule has 3 heterocycles. The van der Waals surface area contributed by atoms with E-state index in [2.05, 4.69) is 32.0 Å². The van der Waals surface area contributed by atoms with Crippen molar-refractivity contribution in [3.05, 3.63) is 68.6 Å². The molecule has 0 spiro atoms. The van der Waals surface area contributed by atoms with Crippen molar-refractivity contribution in [2.75, 3.05) is 25.0 Å². The molecule has 0 radical (unpaired) electrons. The van der Waals surface area contributed by atoms with Gasteiger partial charge in [0.25, 0.3) is 11.1 Å². The zero-order valence-corrected chi connectivity index (χ0v) is 19.6. The Kier molecular flexibility index (Phi) is 6.29. The summed E-state index contributed by atoms with van der Waals surface area (Å²) in [4.78, 5) is 32.6. The Labute approximate surface area is 204 Å². The summed E-state index contributed by atoms with van der Waals surface area (Å²) in [6, 6.07) is 4.90. The lowest BCUT2D eigenvalue weighted by Crippen LogP contribution is -2.46. The van der Waals surface area contributed by atoms with Gasteiger partial charge in [-0.3, -0.25) is 14.2 Å². The summed E-state index contributed by atoms with van der Waals surface area (Å²) in [6.07, 6.45) is 0.0413. The zero-order valence-electron chi connectivity index (χ0n) is 19.6. The summed E-state index contributed by atoms with van der Waals surface area (Å²) in [5.74, 6) is 0.624. The number of fused-ring (bicyclic) bond motifs is 1. The second-order valence-electron chi connectivity index (χ2n) is 9.21. The van der Waals surface area contributed by atoms with Crippen LogP contribution in [-0.2, 0) is 19.4 Å². The van der Waals surface area contributed by atoms with Gasteiger partial charge in [-0.15, -0.1) is 18.3 Å². The monoisotopic (exact) mass is 502 g/mol. The zero-order chi connectivity index (χ0) is 25.4. The number of nitrogens with zero attached hydrogens (tertiary/aromatic N) is 5. The molecule has 0 atom stereocenters. The predicted molar refractivity (Wildman–Crippen MR) is 126 cm³/mol. The summed E-state index contributed by atoms with van der Waals surface area (Å²) in [5.41, 5.74) is 1.22. The number of nitrogens with one attached hydrogen (secondary N) is 1. The molecule has 1 fully saturated rings. The van der Waals surface area contributed by atoms with Gasteiger partial charge in [0.1, 0.15) is 11.4 Å². The van der Waals surface area contributed by atoms with Crippen LogP contribution in [0.25, 0.3) is 5.69 Å². The average Bonchev–Trinajstić information content (AvgIpc) is 3.30. The number of rotatable bonds is 7. The SMILES string of the molecule is CC1CN(CCn2cncc(Nc3nn(-c4ccc(OC(F)(F)F)cc4)c(=O)c4c3CCC4)c2=O)C1. The fraction of sp³-hybridized carbons (Fsp3) is 0.417. The summed E-state index contributed by atoms with van der Waals surface area (Å²) < 4.78 is 44.1. The minimum absolute atomic E-state index is 0.232. The largest absolute Gasteiger partial charge is 0.573 e.